The van der Waals surface area contributed by atoms with Crippen LogP contribution in [0.15, 0.2) is 53.7 Å². The van der Waals surface area contributed by atoms with E-state index in [1.807, 2.05) is 6.07 Å². The predicted octanol–water partition coefficient (Wildman–Crippen LogP) is 0.588. The van der Waals surface area contributed by atoms with Gasteiger partial charge in [-0.3, -0.25) is 9.78 Å². The van der Waals surface area contributed by atoms with Gasteiger partial charge in [0.25, 0.3) is 0 Å². The molecule has 0 aliphatic carbocycles. The summed E-state index contributed by atoms with van der Waals surface area (Å²) in [6.45, 7) is 0.239. The Morgan fingerprint density at radius 2 is 1.95 bits per heavy atom. The summed E-state index contributed by atoms with van der Waals surface area (Å²) >= 11 is 0. The van der Waals surface area contributed by atoms with Gasteiger partial charge in [-0.2, -0.15) is 0 Å². The Hall–Kier alpha value is -2.25. The lowest BCUT2D eigenvalue weighted by Gasteiger charge is -2.06. The monoisotopic (exact) mass is 305 g/mol. The number of nitrogens with two attached hydrogens (primary N) is 1. The van der Waals surface area contributed by atoms with Crippen LogP contribution in [-0.4, -0.2) is 19.3 Å². The number of nitrogens with one attached hydrogen (secondary N) is 1. The zero-order valence-electron chi connectivity index (χ0n) is 11.2. The molecule has 2 rings (SSSR count). The van der Waals surface area contributed by atoms with Crippen molar-refractivity contribution in [3.8, 4) is 0 Å². The van der Waals surface area contributed by atoms with Gasteiger partial charge < -0.3 is 5.32 Å². The molecule has 1 amide bonds. The summed E-state index contributed by atoms with van der Waals surface area (Å²) in [5.74, 6) is -0.163. The molecule has 0 radical (unpaired) electrons. The predicted molar refractivity (Wildman–Crippen MR) is 77.6 cm³/mol. The molecule has 0 atom stereocenters. The second-order valence-corrected chi connectivity index (χ2v) is 6.07. The zero-order valence-corrected chi connectivity index (χ0v) is 12.0. The van der Waals surface area contributed by atoms with Crippen LogP contribution in [0.3, 0.4) is 0 Å². The van der Waals surface area contributed by atoms with Gasteiger partial charge in [-0.25, -0.2) is 13.6 Å². The minimum absolute atomic E-state index is 0.0292. The number of rotatable bonds is 5. The maximum atomic E-state index is 11.8. The molecule has 7 heteroatoms. The molecule has 110 valence electrons. The van der Waals surface area contributed by atoms with Crippen LogP contribution in [0.25, 0.3) is 0 Å². The first-order valence-corrected chi connectivity index (χ1v) is 7.77. The van der Waals surface area contributed by atoms with E-state index in [4.69, 9.17) is 5.14 Å². The van der Waals surface area contributed by atoms with Crippen molar-refractivity contribution in [2.24, 2.45) is 5.14 Å². The van der Waals surface area contributed by atoms with Crippen LogP contribution in [-0.2, 0) is 27.8 Å². The largest absolute Gasteiger partial charge is 0.352 e. The SMILES string of the molecule is NS(=O)(=O)c1cccc(CNC(=O)Cc2cccnc2)c1. The van der Waals surface area contributed by atoms with Crippen LogP contribution in [0.2, 0.25) is 0 Å². The van der Waals surface area contributed by atoms with Crippen molar-refractivity contribution in [2.75, 3.05) is 0 Å². The molecule has 6 nitrogen and oxygen atoms in total. The molecule has 0 fully saturated rings. The van der Waals surface area contributed by atoms with Crippen molar-refractivity contribution in [3.63, 3.8) is 0 Å². The average Bonchev–Trinajstić information content (AvgIpc) is 2.46. The summed E-state index contributed by atoms with van der Waals surface area (Å²) < 4.78 is 22.5. The molecule has 0 bridgehead atoms. The third kappa shape index (κ3) is 4.66. The quantitative estimate of drug-likeness (QED) is 0.843. The fourth-order valence-electron chi connectivity index (χ4n) is 1.78. The number of amides is 1. The fourth-order valence-corrected chi connectivity index (χ4v) is 2.37. The first kappa shape index (κ1) is 15.1. The van der Waals surface area contributed by atoms with Gasteiger partial charge in [-0.05, 0) is 29.3 Å². The van der Waals surface area contributed by atoms with E-state index in [-0.39, 0.29) is 23.8 Å². The molecule has 0 aliphatic heterocycles. The Balaban J connectivity index is 1.96. The molecule has 0 saturated heterocycles. The Kier molecular flexibility index (Phi) is 4.66. The van der Waals surface area contributed by atoms with E-state index < -0.39 is 10.0 Å². The van der Waals surface area contributed by atoms with E-state index in [9.17, 15) is 13.2 Å². The number of benzene rings is 1. The minimum Gasteiger partial charge on any atom is -0.352 e. The van der Waals surface area contributed by atoms with Crippen LogP contribution >= 0.6 is 0 Å². The maximum Gasteiger partial charge on any atom is 0.238 e. The number of carbonyl (C=O) groups excluding carboxylic acids is 1. The van der Waals surface area contributed by atoms with Crippen molar-refractivity contribution in [1.29, 1.82) is 0 Å². The van der Waals surface area contributed by atoms with Crippen LogP contribution in [0.1, 0.15) is 11.1 Å². The van der Waals surface area contributed by atoms with E-state index in [1.54, 1.807) is 30.6 Å². The van der Waals surface area contributed by atoms with E-state index in [1.165, 1.54) is 12.1 Å². The van der Waals surface area contributed by atoms with E-state index in [0.29, 0.717) is 5.56 Å². The summed E-state index contributed by atoms with van der Waals surface area (Å²) in [5.41, 5.74) is 1.48. The highest BCUT2D eigenvalue weighted by Crippen LogP contribution is 2.09. The number of aromatic nitrogens is 1. The summed E-state index contributed by atoms with van der Waals surface area (Å²) in [6.07, 6.45) is 3.49. The molecule has 1 heterocycles. The first-order chi connectivity index (χ1) is 9.95. The summed E-state index contributed by atoms with van der Waals surface area (Å²) in [6, 6.07) is 9.74. The molecule has 0 aliphatic rings. The highest BCUT2D eigenvalue weighted by Gasteiger charge is 2.08. The lowest BCUT2D eigenvalue weighted by Crippen LogP contribution is -2.24. The molecule has 21 heavy (non-hydrogen) atoms. The lowest BCUT2D eigenvalue weighted by molar-refractivity contribution is -0.120. The third-order valence-electron chi connectivity index (χ3n) is 2.80. The standard InChI is InChI=1S/C14H15N3O3S/c15-21(19,20)13-5-1-3-11(7-13)10-17-14(18)8-12-4-2-6-16-9-12/h1-7,9H,8,10H2,(H,17,18)(H2,15,19,20). The van der Waals surface area contributed by atoms with Crippen LogP contribution in [0.4, 0.5) is 0 Å². The maximum absolute atomic E-state index is 11.8. The lowest BCUT2D eigenvalue weighted by atomic mass is 10.2. The number of pyridine rings is 1. The number of hydrogen-bond donors (Lipinski definition) is 2. The topological polar surface area (TPSA) is 102 Å². The number of hydrogen-bond acceptors (Lipinski definition) is 4. The third-order valence-corrected chi connectivity index (χ3v) is 3.72. The zero-order chi connectivity index (χ0) is 15.3. The van der Waals surface area contributed by atoms with Gasteiger partial charge in [-0.15, -0.1) is 0 Å². The van der Waals surface area contributed by atoms with E-state index >= 15 is 0 Å². The molecule has 1 aromatic heterocycles. The summed E-state index contributed by atoms with van der Waals surface area (Å²) in [5, 5.41) is 7.79. The van der Waals surface area contributed by atoms with Crippen molar-refractivity contribution in [1.82, 2.24) is 10.3 Å². The van der Waals surface area contributed by atoms with Crippen molar-refractivity contribution < 1.29 is 13.2 Å². The molecular formula is C14H15N3O3S. The smallest absolute Gasteiger partial charge is 0.238 e. The number of sulfonamides is 1. The Morgan fingerprint density at radius 1 is 1.19 bits per heavy atom. The van der Waals surface area contributed by atoms with Crippen LogP contribution in [0, 0.1) is 0 Å². The average molecular weight is 305 g/mol. The molecule has 2 aromatic rings. The van der Waals surface area contributed by atoms with Gasteiger partial charge in [0, 0.05) is 18.9 Å². The van der Waals surface area contributed by atoms with Crippen molar-refractivity contribution in [3.05, 3.63) is 59.9 Å². The van der Waals surface area contributed by atoms with Gasteiger partial charge in [0.1, 0.15) is 0 Å². The second-order valence-electron chi connectivity index (χ2n) is 4.51. The van der Waals surface area contributed by atoms with E-state index in [0.717, 1.165) is 5.56 Å². The Morgan fingerprint density at radius 3 is 2.62 bits per heavy atom. The van der Waals surface area contributed by atoms with Gasteiger partial charge >= 0.3 is 0 Å². The molecule has 0 spiro atoms. The number of primary sulfonamides is 1. The van der Waals surface area contributed by atoms with Gasteiger partial charge in [-0.1, -0.05) is 18.2 Å². The highest BCUT2D eigenvalue weighted by molar-refractivity contribution is 7.89. The van der Waals surface area contributed by atoms with Crippen LogP contribution < -0.4 is 10.5 Å². The second kappa shape index (κ2) is 6.47. The molecule has 0 unspecified atom stereocenters. The fraction of sp³-hybridized carbons (Fsp3) is 0.143. The number of carbonyl (C=O) groups is 1. The minimum atomic E-state index is -3.73. The molecule has 1 aromatic carbocycles. The van der Waals surface area contributed by atoms with Crippen LogP contribution in [0.5, 0.6) is 0 Å². The molecule has 0 saturated carbocycles. The summed E-state index contributed by atoms with van der Waals surface area (Å²) in [7, 11) is -3.73. The van der Waals surface area contributed by atoms with Crippen molar-refractivity contribution in [2.45, 2.75) is 17.9 Å². The molecular weight excluding hydrogens is 290 g/mol. The van der Waals surface area contributed by atoms with Gasteiger partial charge in [0.2, 0.25) is 15.9 Å². The van der Waals surface area contributed by atoms with Gasteiger partial charge in [0.15, 0.2) is 0 Å². The van der Waals surface area contributed by atoms with E-state index in [2.05, 4.69) is 10.3 Å². The molecule has 3 N–H and O–H groups in total. The summed E-state index contributed by atoms with van der Waals surface area (Å²) in [4.78, 5) is 15.7. The Labute approximate surface area is 123 Å². The normalized spacial score (nSPS) is 11.1. The Bertz CT molecular complexity index is 730. The number of nitrogens with zero attached hydrogens (tertiary/aromatic N) is 1. The highest BCUT2D eigenvalue weighted by atomic mass is 32.2. The van der Waals surface area contributed by atoms with Crippen molar-refractivity contribution >= 4 is 15.9 Å². The van der Waals surface area contributed by atoms with Gasteiger partial charge in [0.05, 0.1) is 11.3 Å². The first-order valence-electron chi connectivity index (χ1n) is 6.22.